The molecule has 3 rings (SSSR count). The number of hydrogen-bond donors (Lipinski definition) is 0. The van der Waals surface area contributed by atoms with Gasteiger partial charge in [0, 0.05) is 0 Å². The maximum atomic E-state index is 12.5. The van der Waals surface area contributed by atoms with E-state index in [4.69, 9.17) is 14.2 Å². The molecule has 0 radical (unpaired) electrons. The molecule has 0 aromatic heterocycles. The lowest BCUT2D eigenvalue weighted by Gasteiger charge is -2.35. The van der Waals surface area contributed by atoms with E-state index in [9.17, 15) is 14.4 Å². The summed E-state index contributed by atoms with van der Waals surface area (Å²) in [7, 11) is 2.47. The van der Waals surface area contributed by atoms with Crippen LogP contribution in [0.5, 0.6) is 0 Å². The van der Waals surface area contributed by atoms with Crippen LogP contribution < -0.4 is 0 Å². The summed E-state index contributed by atoms with van der Waals surface area (Å²) in [5, 5.41) is 0. The van der Waals surface area contributed by atoms with Gasteiger partial charge in [-0.2, -0.15) is 0 Å². The van der Waals surface area contributed by atoms with Gasteiger partial charge in [-0.25, -0.2) is 9.59 Å². The Kier molecular flexibility index (Phi) is 2.60. The molecule has 3 atom stereocenters. The van der Waals surface area contributed by atoms with E-state index in [0.29, 0.717) is 12.8 Å². The Labute approximate surface area is 116 Å². The molecule has 1 aliphatic carbocycles. The molecule has 3 aliphatic rings. The van der Waals surface area contributed by atoms with Gasteiger partial charge in [0.1, 0.15) is 5.60 Å². The standard InChI is InChI=1S/C14H16O6/c1-13-5-4-6-14(13)8(12(17)19-3)7(11(16)18-2)9(20-14)10(13)15/h9H,4-6H2,1-3H3/t9-,13+,14+/m1/s1. The smallest absolute Gasteiger partial charge is 0.337 e. The molecular formula is C14H16O6. The zero-order valence-electron chi connectivity index (χ0n) is 11.6. The Bertz CT molecular complexity index is 562. The first-order valence-corrected chi connectivity index (χ1v) is 6.56. The van der Waals surface area contributed by atoms with Gasteiger partial charge in [0.15, 0.2) is 11.9 Å². The van der Waals surface area contributed by atoms with Crippen molar-refractivity contribution in [3.05, 3.63) is 11.1 Å². The van der Waals surface area contributed by atoms with E-state index in [2.05, 4.69) is 0 Å². The monoisotopic (exact) mass is 280 g/mol. The van der Waals surface area contributed by atoms with E-state index >= 15 is 0 Å². The molecule has 6 heteroatoms. The number of rotatable bonds is 2. The summed E-state index contributed by atoms with van der Waals surface area (Å²) in [6.07, 6.45) is 0.958. The van der Waals surface area contributed by atoms with Crippen molar-refractivity contribution >= 4 is 17.7 Å². The molecule has 2 bridgehead atoms. The van der Waals surface area contributed by atoms with Crippen LogP contribution in [0.3, 0.4) is 0 Å². The first-order valence-electron chi connectivity index (χ1n) is 6.56. The van der Waals surface area contributed by atoms with Crippen LogP contribution in [0.4, 0.5) is 0 Å². The van der Waals surface area contributed by atoms with Crippen molar-refractivity contribution in [1.82, 2.24) is 0 Å². The number of ketones is 1. The number of carbonyl (C=O) groups excluding carboxylic acids is 3. The minimum absolute atomic E-state index is 0.0173. The lowest BCUT2D eigenvalue weighted by molar-refractivity contribution is -0.142. The third kappa shape index (κ3) is 1.21. The molecule has 0 aromatic carbocycles. The lowest BCUT2D eigenvalue weighted by atomic mass is 9.65. The summed E-state index contributed by atoms with van der Waals surface area (Å²) in [4.78, 5) is 36.6. The quantitative estimate of drug-likeness (QED) is 0.687. The molecule has 0 aromatic rings. The van der Waals surface area contributed by atoms with E-state index < -0.39 is 29.1 Å². The fraction of sp³-hybridized carbons (Fsp3) is 0.643. The molecule has 108 valence electrons. The average molecular weight is 280 g/mol. The maximum Gasteiger partial charge on any atom is 0.337 e. The van der Waals surface area contributed by atoms with E-state index in [1.807, 2.05) is 0 Å². The summed E-state index contributed by atoms with van der Waals surface area (Å²) >= 11 is 0. The third-order valence-corrected chi connectivity index (χ3v) is 4.93. The van der Waals surface area contributed by atoms with Gasteiger partial charge in [-0.05, 0) is 26.2 Å². The Morgan fingerprint density at radius 2 is 1.85 bits per heavy atom. The molecule has 0 unspecified atom stereocenters. The van der Waals surface area contributed by atoms with E-state index in [-0.39, 0.29) is 16.9 Å². The van der Waals surface area contributed by atoms with Gasteiger partial charge < -0.3 is 14.2 Å². The molecule has 2 heterocycles. The molecule has 2 aliphatic heterocycles. The largest absolute Gasteiger partial charge is 0.466 e. The first-order chi connectivity index (χ1) is 9.43. The summed E-state index contributed by atoms with van der Waals surface area (Å²) in [6, 6.07) is 0. The highest BCUT2D eigenvalue weighted by molar-refractivity contribution is 6.14. The summed E-state index contributed by atoms with van der Waals surface area (Å²) in [5.74, 6) is -1.45. The van der Waals surface area contributed by atoms with Crippen LogP contribution in [-0.4, -0.2) is 43.6 Å². The molecule has 6 nitrogen and oxygen atoms in total. The molecule has 2 fully saturated rings. The van der Waals surface area contributed by atoms with Crippen molar-refractivity contribution in [3.8, 4) is 0 Å². The minimum Gasteiger partial charge on any atom is -0.466 e. The summed E-state index contributed by atoms with van der Waals surface area (Å²) in [5.41, 5.74) is -1.58. The van der Waals surface area contributed by atoms with Crippen LogP contribution in [0.2, 0.25) is 0 Å². The fourth-order valence-corrected chi connectivity index (χ4v) is 3.92. The van der Waals surface area contributed by atoms with Crippen molar-refractivity contribution in [2.24, 2.45) is 5.41 Å². The van der Waals surface area contributed by atoms with E-state index in [1.54, 1.807) is 6.92 Å². The van der Waals surface area contributed by atoms with Gasteiger partial charge in [-0.15, -0.1) is 0 Å². The Morgan fingerprint density at radius 1 is 1.20 bits per heavy atom. The second kappa shape index (κ2) is 3.91. The van der Waals surface area contributed by atoms with Crippen molar-refractivity contribution in [2.75, 3.05) is 14.2 Å². The molecule has 0 N–H and O–H groups in total. The topological polar surface area (TPSA) is 78.9 Å². The van der Waals surface area contributed by atoms with Crippen LogP contribution in [0.25, 0.3) is 0 Å². The van der Waals surface area contributed by atoms with Crippen molar-refractivity contribution in [2.45, 2.75) is 37.9 Å². The summed E-state index contributed by atoms with van der Waals surface area (Å²) in [6.45, 7) is 1.80. The fourth-order valence-electron chi connectivity index (χ4n) is 3.92. The Morgan fingerprint density at radius 3 is 2.45 bits per heavy atom. The number of hydrogen-bond acceptors (Lipinski definition) is 6. The number of carbonyl (C=O) groups is 3. The maximum absolute atomic E-state index is 12.5. The van der Waals surface area contributed by atoms with Gasteiger partial charge >= 0.3 is 11.9 Å². The Balaban J connectivity index is 2.25. The van der Waals surface area contributed by atoms with E-state index in [1.165, 1.54) is 14.2 Å². The van der Waals surface area contributed by atoms with Gasteiger partial charge in [-0.1, -0.05) is 0 Å². The normalized spacial score (nSPS) is 38.1. The first kappa shape index (κ1) is 13.3. The van der Waals surface area contributed by atoms with Gasteiger partial charge in [-0.3, -0.25) is 4.79 Å². The van der Waals surface area contributed by atoms with E-state index in [0.717, 1.165) is 6.42 Å². The van der Waals surface area contributed by atoms with Crippen LogP contribution in [0.15, 0.2) is 11.1 Å². The van der Waals surface area contributed by atoms with Gasteiger partial charge in [0.2, 0.25) is 0 Å². The second-order valence-electron chi connectivity index (χ2n) is 5.65. The van der Waals surface area contributed by atoms with Crippen molar-refractivity contribution in [1.29, 1.82) is 0 Å². The highest BCUT2D eigenvalue weighted by atomic mass is 16.6. The van der Waals surface area contributed by atoms with Gasteiger partial charge in [0.05, 0.1) is 30.8 Å². The van der Waals surface area contributed by atoms with Crippen LogP contribution >= 0.6 is 0 Å². The third-order valence-electron chi connectivity index (χ3n) is 4.93. The number of methoxy groups -OCH3 is 2. The van der Waals surface area contributed by atoms with Crippen molar-refractivity contribution in [3.63, 3.8) is 0 Å². The highest BCUT2D eigenvalue weighted by Crippen LogP contribution is 2.64. The molecule has 1 saturated heterocycles. The number of esters is 2. The Hall–Kier alpha value is -1.69. The number of Topliss-reactive ketones (excluding diaryl/α,β-unsaturated/α-hetero) is 1. The summed E-state index contributed by atoms with van der Waals surface area (Å²) < 4.78 is 15.3. The highest BCUT2D eigenvalue weighted by Gasteiger charge is 2.74. The molecule has 20 heavy (non-hydrogen) atoms. The molecule has 0 amide bonds. The van der Waals surface area contributed by atoms with Crippen molar-refractivity contribution < 1.29 is 28.6 Å². The zero-order chi connectivity index (χ0) is 14.7. The number of fused-ring (bicyclic) bond motifs is 1. The van der Waals surface area contributed by atoms with Gasteiger partial charge in [0.25, 0.3) is 0 Å². The SMILES string of the molecule is COC(=O)C1=C(C(=O)OC)[C@@]23CCC[C@@]2(C)C(=O)[C@@H]1O3. The molecular weight excluding hydrogens is 264 g/mol. The zero-order valence-corrected chi connectivity index (χ0v) is 11.6. The average Bonchev–Trinajstić information content (AvgIpc) is 3.02. The van der Waals surface area contributed by atoms with Crippen LogP contribution in [0, 0.1) is 5.41 Å². The lowest BCUT2D eigenvalue weighted by Crippen LogP contribution is -2.48. The molecule has 1 spiro atoms. The minimum atomic E-state index is -1.02. The predicted molar refractivity (Wildman–Crippen MR) is 65.6 cm³/mol. The van der Waals surface area contributed by atoms with Crippen LogP contribution in [0.1, 0.15) is 26.2 Å². The molecule has 1 saturated carbocycles. The predicted octanol–water partition coefficient (Wildman–Crippen LogP) is 0.539. The number of ether oxygens (including phenoxy) is 3. The second-order valence-corrected chi connectivity index (χ2v) is 5.65. The van der Waals surface area contributed by atoms with Crippen LogP contribution in [-0.2, 0) is 28.6 Å².